The van der Waals surface area contributed by atoms with Crippen LogP contribution in [0.4, 0.5) is 11.4 Å². The molecule has 1 aliphatic carbocycles. The number of nitrogens with zero attached hydrogens (tertiary/aromatic N) is 5. The number of benzene rings is 3. The highest BCUT2D eigenvalue weighted by molar-refractivity contribution is 6.04. The van der Waals surface area contributed by atoms with Crippen LogP contribution in [0.15, 0.2) is 79.0 Å². The molecule has 1 spiro atoms. The van der Waals surface area contributed by atoms with Gasteiger partial charge in [-0.2, -0.15) is 0 Å². The molecule has 3 heterocycles. The Morgan fingerprint density at radius 1 is 0.816 bits per heavy atom. The molecule has 2 aliphatic heterocycles. The molecule has 2 N–H and O–H groups in total. The van der Waals surface area contributed by atoms with Crippen LogP contribution >= 0.6 is 0 Å². The second kappa shape index (κ2) is 13.9. The Morgan fingerprint density at radius 3 is 2.14 bits per heavy atom. The van der Waals surface area contributed by atoms with Crippen molar-refractivity contribution in [2.45, 2.75) is 44.4 Å². The van der Waals surface area contributed by atoms with Crippen molar-refractivity contribution in [2.75, 3.05) is 57.2 Å². The summed E-state index contributed by atoms with van der Waals surface area (Å²) in [4.78, 5) is 49.7. The van der Waals surface area contributed by atoms with E-state index < -0.39 is 0 Å². The van der Waals surface area contributed by atoms with Crippen molar-refractivity contribution in [3.63, 3.8) is 0 Å². The zero-order chi connectivity index (χ0) is 34.0. The van der Waals surface area contributed by atoms with Gasteiger partial charge in [-0.05, 0) is 78.9 Å². The zero-order valence-corrected chi connectivity index (χ0v) is 28.2. The van der Waals surface area contributed by atoms with Crippen LogP contribution in [0.25, 0.3) is 0 Å². The second-order valence-electron chi connectivity index (χ2n) is 13.3. The van der Waals surface area contributed by atoms with Gasteiger partial charge in [0.1, 0.15) is 11.5 Å². The third kappa shape index (κ3) is 6.68. The van der Waals surface area contributed by atoms with Crippen LogP contribution in [0, 0.1) is 0 Å². The maximum absolute atomic E-state index is 13.4. The highest BCUT2D eigenvalue weighted by Crippen LogP contribution is 2.48. The van der Waals surface area contributed by atoms with Crippen LogP contribution in [0.1, 0.15) is 67.4 Å². The molecule has 4 aromatic rings. The Balaban J connectivity index is 0.941. The average Bonchev–Trinajstić information content (AvgIpc) is 3.55. The molecule has 2 fully saturated rings. The summed E-state index contributed by atoms with van der Waals surface area (Å²) in [7, 11) is 3.52. The van der Waals surface area contributed by atoms with Gasteiger partial charge in [0, 0.05) is 75.9 Å². The average molecular weight is 662 g/mol. The third-order valence-electron chi connectivity index (χ3n) is 10.0. The van der Waals surface area contributed by atoms with Gasteiger partial charge in [-0.3, -0.25) is 19.3 Å². The van der Waals surface area contributed by atoms with Crippen molar-refractivity contribution in [1.29, 1.82) is 0 Å². The first-order valence-electron chi connectivity index (χ1n) is 17.0. The van der Waals surface area contributed by atoms with Crippen molar-refractivity contribution >= 4 is 29.1 Å². The van der Waals surface area contributed by atoms with E-state index in [0.717, 1.165) is 68.1 Å². The highest BCUT2D eigenvalue weighted by Gasteiger charge is 2.49. The van der Waals surface area contributed by atoms with Crippen LogP contribution in [0.2, 0.25) is 0 Å². The van der Waals surface area contributed by atoms with E-state index in [1.54, 1.807) is 25.2 Å². The van der Waals surface area contributed by atoms with Crippen LogP contribution in [-0.4, -0.2) is 84.0 Å². The van der Waals surface area contributed by atoms with E-state index in [1.165, 1.54) is 0 Å². The molecule has 1 aromatic heterocycles. The zero-order valence-electron chi connectivity index (χ0n) is 28.2. The predicted octanol–water partition coefficient (Wildman–Crippen LogP) is 4.50. The largest absolute Gasteiger partial charge is 0.378 e. The molecule has 0 bridgehead atoms. The SMILES string of the molecule is CN(C)C(=O)c1ccc(CN2CCn3c(C(=O)NCc4ccc(NC(=O)c5ccc(N6CCOCC6)cc5)cc4)cnc3C23CCC3)cc1. The molecule has 1 saturated carbocycles. The number of rotatable bonds is 9. The summed E-state index contributed by atoms with van der Waals surface area (Å²) in [5.74, 6) is 0.638. The maximum Gasteiger partial charge on any atom is 0.269 e. The molecule has 254 valence electrons. The van der Waals surface area contributed by atoms with E-state index in [0.29, 0.717) is 48.8 Å². The maximum atomic E-state index is 13.4. The number of carbonyl (C=O) groups excluding carboxylic acids is 3. The lowest BCUT2D eigenvalue weighted by atomic mass is 9.73. The molecule has 11 heteroatoms. The summed E-state index contributed by atoms with van der Waals surface area (Å²) in [6, 6.07) is 23.0. The summed E-state index contributed by atoms with van der Waals surface area (Å²) < 4.78 is 7.52. The lowest BCUT2D eigenvalue weighted by molar-refractivity contribution is -0.0257. The highest BCUT2D eigenvalue weighted by atomic mass is 16.5. The van der Waals surface area contributed by atoms with E-state index in [9.17, 15) is 14.4 Å². The topological polar surface area (TPSA) is 112 Å². The van der Waals surface area contributed by atoms with Crippen LogP contribution in [-0.2, 0) is 29.9 Å². The van der Waals surface area contributed by atoms with E-state index in [2.05, 4.69) is 25.0 Å². The van der Waals surface area contributed by atoms with E-state index >= 15 is 0 Å². The van der Waals surface area contributed by atoms with Crippen LogP contribution in [0.3, 0.4) is 0 Å². The van der Waals surface area contributed by atoms with Crippen molar-refractivity contribution < 1.29 is 19.1 Å². The third-order valence-corrected chi connectivity index (χ3v) is 10.0. The van der Waals surface area contributed by atoms with Gasteiger partial charge in [0.05, 0.1) is 24.9 Å². The van der Waals surface area contributed by atoms with E-state index in [1.807, 2.05) is 72.8 Å². The Hall–Kier alpha value is -5.00. The van der Waals surface area contributed by atoms with Gasteiger partial charge in [0.15, 0.2) is 0 Å². The van der Waals surface area contributed by atoms with Gasteiger partial charge < -0.3 is 29.7 Å². The Bertz CT molecular complexity index is 1810. The molecule has 11 nitrogen and oxygen atoms in total. The number of imidazole rings is 1. The number of hydrogen-bond acceptors (Lipinski definition) is 7. The molecule has 3 aliphatic rings. The van der Waals surface area contributed by atoms with Gasteiger partial charge in [-0.25, -0.2) is 4.98 Å². The molecule has 7 rings (SSSR count). The molecular formula is C38H43N7O4. The van der Waals surface area contributed by atoms with Gasteiger partial charge >= 0.3 is 0 Å². The minimum absolute atomic E-state index is 0.00397. The first kappa shape index (κ1) is 32.5. The number of ether oxygens (including phenoxy) is 1. The molecular weight excluding hydrogens is 618 g/mol. The number of amides is 3. The minimum Gasteiger partial charge on any atom is -0.378 e. The first-order valence-corrected chi connectivity index (χ1v) is 17.0. The summed E-state index contributed by atoms with van der Waals surface area (Å²) in [6.45, 7) is 5.75. The summed E-state index contributed by atoms with van der Waals surface area (Å²) in [6.07, 6.45) is 4.84. The molecule has 3 aromatic carbocycles. The minimum atomic E-state index is -0.181. The van der Waals surface area contributed by atoms with Gasteiger partial charge in [-0.15, -0.1) is 0 Å². The van der Waals surface area contributed by atoms with Crippen LogP contribution < -0.4 is 15.5 Å². The Labute approximate surface area is 286 Å². The fourth-order valence-corrected chi connectivity index (χ4v) is 7.07. The summed E-state index contributed by atoms with van der Waals surface area (Å²) in [5.41, 5.74) is 5.54. The van der Waals surface area contributed by atoms with Crippen molar-refractivity contribution in [2.24, 2.45) is 0 Å². The van der Waals surface area contributed by atoms with Gasteiger partial charge in [0.2, 0.25) is 0 Å². The lowest BCUT2D eigenvalue weighted by Crippen LogP contribution is -2.56. The van der Waals surface area contributed by atoms with Crippen LogP contribution in [0.5, 0.6) is 0 Å². The van der Waals surface area contributed by atoms with E-state index in [-0.39, 0.29) is 23.3 Å². The molecule has 0 unspecified atom stereocenters. The number of aromatic nitrogens is 2. The monoisotopic (exact) mass is 661 g/mol. The molecule has 1 saturated heterocycles. The van der Waals surface area contributed by atoms with Gasteiger partial charge in [-0.1, -0.05) is 24.3 Å². The molecule has 0 atom stereocenters. The quantitative estimate of drug-likeness (QED) is 0.272. The second-order valence-corrected chi connectivity index (χ2v) is 13.3. The molecule has 3 amide bonds. The van der Waals surface area contributed by atoms with Crippen molar-refractivity contribution in [3.05, 3.63) is 113 Å². The number of fused-ring (bicyclic) bond motifs is 2. The summed E-state index contributed by atoms with van der Waals surface area (Å²) >= 11 is 0. The smallest absolute Gasteiger partial charge is 0.269 e. The number of morpholine rings is 1. The predicted molar refractivity (Wildman–Crippen MR) is 188 cm³/mol. The number of carbonyl (C=O) groups is 3. The normalized spacial score (nSPS) is 16.8. The fraction of sp³-hybridized carbons (Fsp3) is 0.368. The molecule has 49 heavy (non-hydrogen) atoms. The van der Waals surface area contributed by atoms with Crippen molar-refractivity contribution in [3.8, 4) is 0 Å². The van der Waals surface area contributed by atoms with E-state index in [4.69, 9.17) is 9.72 Å². The first-order chi connectivity index (χ1) is 23.8. The lowest BCUT2D eigenvalue weighted by Gasteiger charge is -2.52. The molecule has 0 radical (unpaired) electrons. The van der Waals surface area contributed by atoms with Gasteiger partial charge in [0.25, 0.3) is 17.7 Å². The fourth-order valence-electron chi connectivity index (χ4n) is 7.07. The Kier molecular flexibility index (Phi) is 9.20. The summed E-state index contributed by atoms with van der Waals surface area (Å²) in [5, 5.41) is 6.03. The standard InChI is InChI=1S/C38H43N7O4/c1-42(2)36(48)30-8-4-28(5-9-30)26-44-18-19-45-33(25-40-37(45)38(44)16-3-17-38)35(47)39-24-27-6-12-31(13-7-27)41-34(46)29-10-14-32(15-11-29)43-20-22-49-23-21-43/h4-15,25H,3,16-24,26H2,1-2H3,(H,39,47)(H,41,46). The Morgan fingerprint density at radius 2 is 1.49 bits per heavy atom. The number of nitrogens with one attached hydrogen (secondary N) is 2. The number of anilines is 2. The van der Waals surface area contributed by atoms with Crippen molar-refractivity contribution in [1.82, 2.24) is 24.7 Å². The number of hydrogen-bond donors (Lipinski definition) is 2.